The molecular weight excluding hydrogens is 296 g/mol. The fraction of sp³-hybridized carbons (Fsp3) is 0.471. The molecule has 2 rings (SSSR count). The molecule has 1 heterocycles. The molecule has 3 amide bonds. The summed E-state index contributed by atoms with van der Waals surface area (Å²) in [7, 11) is 0. The monoisotopic (exact) mass is 318 g/mol. The van der Waals surface area contributed by atoms with Crippen molar-refractivity contribution in [3.8, 4) is 0 Å². The third-order valence-electron chi connectivity index (χ3n) is 3.37. The lowest BCUT2D eigenvalue weighted by molar-refractivity contribution is 0.0516. The maximum absolute atomic E-state index is 12.3. The number of ether oxygens (including phenoxy) is 1. The highest BCUT2D eigenvalue weighted by Crippen LogP contribution is 2.23. The van der Waals surface area contributed by atoms with Crippen molar-refractivity contribution in [2.75, 3.05) is 13.1 Å². The van der Waals surface area contributed by atoms with E-state index < -0.39 is 11.7 Å². The van der Waals surface area contributed by atoms with Gasteiger partial charge in [0.25, 0.3) is 11.8 Å². The van der Waals surface area contributed by atoms with E-state index in [9.17, 15) is 14.4 Å². The van der Waals surface area contributed by atoms with Crippen molar-refractivity contribution >= 4 is 17.9 Å². The van der Waals surface area contributed by atoms with Crippen molar-refractivity contribution in [2.45, 2.75) is 33.3 Å². The van der Waals surface area contributed by atoms with Crippen molar-refractivity contribution in [1.29, 1.82) is 0 Å². The van der Waals surface area contributed by atoms with Gasteiger partial charge in [0.2, 0.25) is 0 Å². The molecule has 0 fully saturated rings. The fourth-order valence-electron chi connectivity index (χ4n) is 2.35. The first-order valence-electron chi connectivity index (χ1n) is 7.61. The number of nitrogens with zero attached hydrogens (tertiary/aromatic N) is 1. The number of fused-ring (bicyclic) bond motifs is 1. The van der Waals surface area contributed by atoms with Crippen LogP contribution in [0.1, 0.15) is 48.4 Å². The Balaban J connectivity index is 1.90. The van der Waals surface area contributed by atoms with Crippen LogP contribution in [0.5, 0.6) is 0 Å². The number of carbonyl (C=O) groups is 3. The zero-order valence-electron chi connectivity index (χ0n) is 13.9. The van der Waals surface area contributed by atoms with Crippen LogP contribution in [0.15, 0.2) is 24.3 Å². The predicted octanol–water partition coefficient (Wildman–Crippen LogP) is 2.44. The number of benzene rings is 1. The number of hydrogen-bond donors (Lipinski definition) is 1. The molecule has 0 aliphatic carbocycles. The van der Waals surface area contributed by atoms with Crippen molar-refractivity contribution in [3.63, 3.8) is 0 Å². The molecule has 0 spiro atoms. The summed E-state index contributed by atoms with van der Waals surface area (Å²) in [6.45, 7) is 7.80. The van der Waals surface area contributed by atoms with Crippen LogP contribution in [0.25, 0.3) is 0 Å². The first-order valence-corrected chi connectivity index (χ1v) is 7.61. The van der Waals surface area contributed by atoms with Crippen LogP contribution in [-0.2, 0) is 4.74 Å². The van der Waals surface area contributed by atoms with Gasteiger partial charge >= 0.3 is 6.09 Å². The second-order valence-electron chi connectivity index (χ2n) is 6.75. The lowest BCUT2D eigenvalue weighted by Crippen LogP contribution is -2.40. The summed E-state index contributed by atoms with van der Waals surface area (Å²) >= 11 is 0. The van der Waals surface area contributed by atoms with Crippen molar-refractivity contribution < 1.29 is 19.1 Å². The molecule has 0 saturated heterocycles. The quantitative estimate of drug-likeness (QED) is 0.865. The van der Waals surface area contributed by atoms with Crippen LogP contribution < -0.4 is 5.32 Å². The molecule has 1 aromatic carbocycles. The van der Waals surface area contributed by atoms with Crippen LogP contribution in [0.2, 0.25) is 0 Å². The molecule has 0 unspecified atom stereocenters. The Bertz CT molecular complexity index is 599. The van der Waals surface area contributed by atoms with Crippen LogP contribution in [0.3, 0.4) is 0 Å². The summed E-state index contributed by atoms with van der Waals surface area (Å²) in [6.07, 6.45) is -0.508. The molecule has 1 atom stereocenters. The third kappa shape index (κ3) is 4.09. The zero-order chi connectivity index (χ0) is 17.2. The van der Waals surface area contributed by atoms with Gasteiger partial charge in [-0.05, 0) is 38.8 Å². The molecule has 23 heavy (non-hydrogen) atoms. The van der Waals surface area contributed by atoms with Gasteiger partial charge in [0.15, 0.2) is 0 Å². The number of carbonyl (C=O) groups excluding carboxylic acids is 3. The van der Waals surface area contributed by atoms with Crippen LogP contribution in [0, 0.1) is 5.92 Å². The summed E-state index contributed by atoms with van der Waals surface area (Å²) in [6, 6.07) is 6.78. The number of alkyl carbamates (subject to hydrolysis) is 1. The molecule has 1 aliphatic heterocycles. The van der Waals surface area contributed by atoms with Gasteiger partial charge in [-0.3, -0.25) is 14.5 Å². The van der Waals surface area contributed by atoms with Gasteiger partial charge < -0.3 is 10.1 Å². The Morgan fingerprint density at radius 3 is 2.17 bits per heavy atom. The molecule has 1 N–H and O–H groups in total. The number of nitrogens with one attached hydrogen (secondary N) is 1. The van der Waals surface area contributed by atoms with Gasteiger partial charge in [-0.15, -0.1) is 0 Å². The molecule has 0 aromatic heterocycles. The van der Waals surface area contributed by atoms with Gasteiger partial charge in [0.1, 0.15) is 5.60 Å². The van der Waals surface area contributed by atoms with Gasteiger partial charge in [0, 0.05) is 13.1 Å². The van der Waals surface area contributed by atoms with E-state index in [0.29, 0.717) is 17.7 Å². The van der Waals surface area contributed by atoms with E-state index >= 15 is 0 Å². The SMILES string of the molecule is C[C@H](CNC(=O)OC(C)(C)C)CN1C(=O)c2ccccc2C1=O. The second kappa shape index (κ2) is 6.40. The molecule has 6 nitrogen and oxygen atoms in total. The summed E-state index contributed by atoms with van der Waals surface area (Å²) in [4.78, 5) is 37.4. The van der Waals surface area contributed by atoms with Gasteiger partial charge in [-0.1, -0.05) is 19.1 Å². The summed E-state index contributed by atoms with van der Waals surface area (Å²) in [5.74, 6) is -0.644. The Morgan fingerprint density at radius 2 is 1.70 bits per heavy atom. The number of hydrogen-bond acceptors (Lipinski definition) is 4. The molecule has 6 heteroatoms. The Morgan fingerprint density at radius 1 is 1.17 bits per heavy atom. The fourth-order valence-corrected chi connectivity index (χ4v) is 2.35. The highest BCUT2D eigenvalue weighted by molar-refractivity contribution is 6.21. The van der Waals surface area contributed by atoms with E-state index in [1.165, 1.54) is 4.90 Å². The van der Waals surface area contributed by atoms with E-state index in [1.54, 1.807) is 45.0 Å². The lowest BCUT2D eigenvalue weighted by Gasteiger charge is -2.22. The lowest BCUT2D eigenvalue weighted by atomic mass is 10.1. The van der Waals surface area contributed by atoms with Crippen LogP contribution >= 0.6 is 0 Å². The Labute approximate surface area is 135 Å². The van der Waals surface area contributed by atoms with E-state index in [2.05, 4.69) is 5.32 Å². The number of imide groups is 1. The molecule has 124 valence electrons. The van der Waals surface area contributed by atoms with E-state index in [4.69, 9.17) is 4.74 Å². The van der Waals surface area contributed by atoms with Gasteiger partial charge in [-0.25, -0.2) is 4.79 Å². The molecule has 1 aliphatic rings. The Kier molecular flexibility index (Phi) is 4.73. The predicted molar refractivity (Wildman–Crippen MR) is 85.2 cm³/mol. The van der Waals surface area contributed by atoms with Crippen LogP contribution in [-0.4, -0.2) is 41.5 Å². The van der Waals surface area contributed by atoms with E-state index in [0.717, 1.165) is 0 Å². The number of rotatable bonds is 4. The Hall–Kier alpha value is -2.37. The first-order chi connectivity index (χ1) is 10.7. The van der Waals surface area contributed by atoms with Crippen molar-refractivity contribution in [2.24, 2.45) is 5.92 Å². The topological polar surface area (TPSA) is 75.7 Å². The number of amides is 3. The molecule has 0 saturated carbocycles. The van der Waals surface area contributed by atoms with Crippen LogP contribution in [0.4, 0.5) is 4.79 Å². The minimum atomic E-state index is -0.560. The molecule has 1 aromatic rings. The maximum Gasteiger partial charge on any atom is 0.407 e. The zero-order valence-corrected chi connectivity index (χ0v) is 13.9. The molecular formula is C17H22N2O4. The average Bonchev–Trinajstić information content (AvgIpc) is 2.69. The summed E-state index contributed by atoms with van der Waals surface area (Å²) in [5.41, 5.74) is 0.310. The summed E-state index contributed by atoms with van der Waals surface area (Å²) in [5, 5.41) is 2.65. The van der Waals surface area contributed by atoms with E-state index in [1.807, 2.05) is 6.92 Å². The highest BCUT2D eigenvalue weighted by atomic mass is 16.6. The van der Waals surface area contributed by atoms with E-state index in [-0.39, 0.29) is 24.3 Å². The highest BCUT2D eigenvalue weighted by Gasteiger charge is 2.35. The molecule has 0 bridgehead atoms. The standard InChI is InChI=1S/C17H22N2O4/c1-11(9-18-16(22)23-17(2,3)4)10-19-14(20)12-7-5-6-8-13(12)15(19)21/h5-8,11H,9-10H2,1-4H3,(H,18,22)/t11-/m1/s1. The smallest absolute Gasteiger partial charge is 0.407 e. The second-order valence-corrected chi connectivity index (χ2v) is 6.75. The minimum Gasteiger partial charge on any atom is -0.444 e. The van der Waals surface area contributed by atoms with Crippen molar-refractivity contribution in [1.82, 2.24) is 10.2 Å². The van der Waals surface area contributed by atoms with Gasteiger partial charge in [0.05, 0.1) is 11.1 Å². The average molecular weight is 318 g/mol. The largest absolute Gasteiger partial charge is 0.444 e. The van der Waals surface area contributed by atoms with Crippen molar-refractivity contribution in [3.05, 3.63) is 35.4 Å². The summed E-state index contributed by atoms with van der Waals surface area (Å²) < 4.78 is 5.15. The minimum absolute atomic E-state index is 0.0790. The van der Waals surface area contributed by atoms with Gasteiger partial charge in [-0.2, -0.15) is 0 Å². The normalized spacial score (nSPS) is 15.4. The third-order valence-corrected chi connectivity index (χ3v) is 3.37. The maximum atomic E-state index is 12.3. The molecule has 0 radical (unpaired) electrons. The first kappa shape index (κ1) is 17.0.